The lowest BCUT2D eigenvalue weighted by atomic mass is 10.4. The molecule has 0 radical (unpaired) electrons. The summed E-state index contributed by atoms with van der Waals surface area (Å²) in [4.78, 5) is 23.2. The van der Waals surface area contributed by atoms with Gasteiger partial charge in [0, 0.05) is 11.8 Å². The molecule has 0 amide bonds. The molecule has 0 aliphatic rings. The quantitative estimate of drug-likeness (QED) is 0.161. The maximum atomic E-state index is 11.6. The van der Waals surface area contributed by atoms with Crippen LogP contribution in [0.15, 0.2) is 0 Å². The summed E-state index contributed by atoms with van der Waals surface area (Å²) in [6.07, 6.45) is -0.306. The summed E-state index contributed by atoms with van der Waals surface area (Å²) in [6, 6.07) is 0. The molecule has 1 unspecified atom stereocenters. The van der Waals surface area contributed by atoms with E-state index >= 15 is 0 Å². The third-order valence-corrected chi connectivity index (χ3v) is 3.74. The highest BCUT2D eigenvalue weighted by Crippen LogP contribution is 1.93. The molecule has 0 aliphatic heterocycles. The van der Waals surface area contributed by atoms with Gasteiger partial charge in [-0.15, -0.1) is 0 Å². The van der Waals surface area contributed by atoms with Crippen molar-refractivity contribution < 1.29 is 28.5 Å². The maximum Gasteiger partial charge on any atom is 0.385 e. The molecule has 0 aromatic carbocycles. The van der Waals surface area contributed by atoms with E-state index in [2.05, 4.69) is 189 Å². The Labute approximate surface area is 289 Å². The van der Waals surface area contributed by atoms with E-state index in [9.17, 15) is 9.59 Å². The Morgan fingerprint density at radius 3 is 1.02 bits per heavy atom. The average Bonchev–Trinajstić information content (AvgIpc) is 3.10. The van der Waals surface area contributed by atoms with Gasteiger partial charge < -0.3 is 18.9 Å². The minimum atomic E-state index is -0.764. The van der Waals surface area contributed by atoms with E-state index in [0.29, 0.717) is 0 Å². The fraction of sp³-hybridized carbons (Fsp3) is 0.209. The van der Waals surface area contributed by atoms with Crippen LogP contribution in [0.25, 0.3) is 0 Å². The topological polar surface area (TPSA) is 71.1 Å². The van der Waals surface area contributed by atoms with Gasteiger partial charge in [-0.05, 0) is 187 Å². The van der Waals surface area contributed by atoms with Gasteiger partial charge in [0.2, 0.25) is 0 Å². The van der Waals surface area contributed by atoms with Gasteiger partial charge in [0.1, 0.15) is 13.2 Å². The van der Waals surface area contributed by atoms with E-state index in [0.717, 1.165) is 0 Å². The Kier molecular flexibility index (Phi) is 28.6. The van der Waals surface area contributed by atoms with Crippen LogP contribution in [0.3, 0.4) is 0 Å². The van der Waals surface area contributed by atoms with Crippen LogP contribution in [0.2, 0.25) is 0 Å². The van der Waals surface area contributed by atoms with Crippen LogP contribution in [0.4, 0.5) is 0 Å². The maximum absolute atomic E-state index is 11.6. The zero-order chi connectivity index (χ0) is 35.7. The van der Waals surface area contributed by atoms with E-state index < -0.39 is 11.9 Å². The molecule has 0 saturated carbocycles. The smallest absolute Gasteiger partial charge is 0.385 e. The van der Waals surface area contributed by atoms with Gasteiger partial charge in [-0.3, -0.25) is 0 Å². The van der Waals surface area contributed by atoms with Gasteiger partial charge in [-0.25, -0.2) is 9.59 Å². The first-order valence-corrected chi connectivity index (χ1v) is 13.5. The van der Waals surface area contributed by atoms with Gasteiger partial charge in [0.05, 0.1) is 25.9 Å². The third kappa shape index (κ3) is 34.2. The number of rotatable bonds is 9. The monoisotopic (exact) mass is 632 g/mol. The third-order valence-electron chi connectivity index (χ3n) is 3.74. The largest absolute Gasteiger partial charge is 0.454 e. The van der Waals surface area contributed by atoms with E-state index in [-0.39, 0.29) is 39.1 Å². The Bertz CT molecular complexity index is 2270. The normalized spacial score (nSPS) is 6.76. The number of carbonyl (C=O) groups is 2. The van der Waals surface area contributed by atoms with Crippen LogP contribution in [-0.4, -0.2) is 51.1 Å². The van der Waals surface area contributed by atoms with Crippen LogP contribution in [0.5, 0.6) is 0 Å². The summed E-state index contributed by atoms with van der Waals surface area (Å²) in [5, 5.41) is 0. The first-order valence-electron chi connectivity index (χ1n) is 13.5. The predicted molar refractivity (Wildman–Crippen MR) is 184 cm³/mol. The highest BCUT2D eigenvalue weighted by Gasteiger charge is 2.04. The second kappa shape index (κ2) is 34.3. The highest BCUT2D eigenvalue weighted by molar-refractivity contribution is 5.89. The highest BCUT2D eigenvalue weighted by atomic mass is 16.6. The minimum Gasteiger partial charge on any atom is -0.454 e. The first kappa shape index (κ1) is 40.8. The minimum absolute atomic E-state index is 0.0110. The molecule has 0 aliphatic carbocycles. The van der Waals surface area contributed by atoms with E-state index in [4.69, 9.17) is 18.9 Å². The number of carbonyl (C=O) groups excluding carboxylic acids is 2. The molecule has 0 saturated heterocycles. The lowest BCUT2D eigenvalue weighted by Gasteiger charge is -2.13. The van der Waals surface area contributed by atoms with Crippen molar-refractivity contribution in [2.24, 2.45) is 0 Å². The van der Waals surface area contributed by atoms with Crippen LogP contribution in [0.1, 0.15) is 20.8 Å². The van der Waals surface area contributed by atoms with E-state index in [1.807, 2.05) is 0 Å². The molecule has 0 fully saturated rings. The summed E-state index contributed by atoms with van der Waals surface area (Å²) in [6.45, 7) is 5.57. The lowest BCUT2D eigenvalue weighted by molar-refractivity contribution is -0.141. The molecular formula is C43H20O6. The van der Waals surface area contributed by atoms with Crippen molar-refractivity contribution in [2.45, 2.75) is 26.9 Å². The Hall–Kier alpha value is -8.18. The van der Waals surface area contributed by atoms with Crippen molar-refractivity contribution in [1.82, 2.24) is 0 Å². The molecule has 0 aromatic heterocycles. The summed E-state index contributed by atoms with van der Waals surface area (Å²) >= 11 is 0. The average molecular weight is 633 g/mol. The van der Waals surface area contributed by atoms with E-state index in [1.165, 1.54) is 0 Å². The van der Waals surface area contributed by atoms with Crippen molar-refractivity contribution in [2.75, 3.05) is 33.0 Å². The zero-order valence-electron chi connectivity index (χ0n) is 26.6. The summed E-state index contributed by atoms with van der Waals surface area (Å²) < 4.78 is 20.7. The van der Waals surface area contributed by atoms with Crippen molar-refractivity contribution in [1.29, 1.82) is 0 Å². The van der Waals surface area contributed by atoms with Crippen molar-refractivity contribution >= 4 is 11.9 Å². The summed E-state index contributed by atoms with van der Waals surface area (Å²) in [7, 11) is 0. The predicted octanol–water partition coefficient (Wildman–Crippen LogP) is 0.589. The second-order valence-corrected chi connectivity index (χ2v) is 7.28. The second-order valence-electron chi connectivity index (χ2n) is 7.28. The number of hydrogen-bond donors (Lipinski definition) is 0. The molecule has 0 rings (SSSR count). The van der Waals surface area contributed by atoms with Crippen molar-refractivity contribution in [3.63, 3.8) is 0 Å². The van der Waals surface area contributed by atoms with Crippen LogP contribution >= 0.6 is 0 Å². The molecule has 6 nitrogen and oxygen atoms in total. The molecule has 0 heterocycles. The number of esters is 2. The van der Waals surface area contributed by atoms with Gasteiger partial charge >= 0.3 is 11.9 Å². The van der Waals surface area contributed by atoms with Crippen molar-refractivity contribution in [3.05, 3.63) is 0 Å². The van der Waals surface area contributed by atoms with Gasteiger partial charge in [-0.1, -0.05) is 11.8 Å². The molecule has 0 bridgehead atoms. The Morgan fingerprint density at radius 1 is 0.408 bits per heavy atom. The van der Waals surface area contributed by atoms with Gasteiger partial charge in [0.15, 0.2) is 0 Å². The lowest BCUT2D eigenvalue weighted by Crippen LogP contribution is -2.21. The van der Waals surface area contributed by atoms with Crippen LogP contribution < -0.4 is 0 Å². The zero-order valence-corrected chi connectivity index (χ0v) is 26.6. The van der Waals surface area contributed by atoms with Crippen LogP contribution in [-0.2, 0) is 28.5 Å². The SMILES string of the molecule is CC#CC#CC#CC#CC#CC#CC#CC#CC(=O)OCCOCC(C)OCCOC(=O)C#CC#CC#CC#CC#CC#CC#CC#CC. The molecular weight excluding hydrogens is 612 g/mol. The van der Waals surface area contributed by atoms with Gasteiger partial charge in [-0.2, -0.15) is 0 Å². The Balaban J connectivity index is 4.12. The number of hydrogen-bond acceptors (Lipinski definition) is 6. The molecule has 228 valence electrons. The van der Waals surface area contributed by atoms with Gasteiger partial charge in [0.25, 0.3) is 0 Å². The molecule has 1 atom stereocenters. The Morgan fingerprint density at radius 2 is 0.694 bits per heavy atom. The summed E-state index contributed by atoms with van der Waals surface area (Å²) in [5.74, 6) is 77.1. The molecule has 49 heavy (non-hydrogen) atoms. The first-order chi connectivity index (χ1) is 24.1. The molecule has 0 aromatic rings. The van der Waals surface area contributed by atoms with Crippen LogP contribution in [0, 0.1) is 189 Å². The van der Waals surface area contributed by atoms with Crippen molar-refractivity contribution in [3.8, 4) is 189 Å². The number of ether oxygens (including phenoxy) is 4. The fourth-order valence-corrected chi connectivity index (χ4v) is 1.99. The summed E-state index contributed by atoms with van der Waals surface area (Å²) in [5.41, 5.74) is 0. The molecule has 0 N–H and O–H groups in total. The molecule has 0 spiro atoms. The molecule has 6 heteroatoms. The van der Waals surface area contributed by atoms with E-state index in [1.54, 1.807) is 20.8 Å². The fourth-order valence-electron chi connectivity index (χ4n) is 1.99. The standard InChI is InChI=1S/C43H20O6/c1-4-6-8-10-12-14-16-18-20-22-24-26-28-30-32-34-42(44)48-37-36-46-40-41(3)47-38-39-49-43(45)35-33-31-29-27-25-23-21-19-17-15-13-11-9-7-5-2/h41H,36-40H2,1-3H3.